The van der Waals surface area contributed by atoms with Gasteiger partial charge in [-0.3, -0.25) is 4.72 Å². The van der Waals surface area contributed by atoms with Gasteiger partial charge in [0.1, 0.15) is 5.75 Å². The maximum atomic E-state index is 12.2. The van der Waals surface area contributed by atoms with E-state index < -0.39 is 10.0 Å². The average molecular weight is 309 g/mol. The van der Waals surface area contributed by atoms with Crippen LogP contribution in [0, 0.1) is 11.3 Å². The molecule has 0 aliphatic rings. The number of anilines is 1. The van der Waals surface area contributed by atoms with Gasteiger partial charge in [-0.1, -0.05) is 17.7 Å². The molecule has 0 unspecified atom stereocenters. The van der Waals surface area contributed by atoms with Crippen molar-refractivity contribution in [2.45, 2.75) is 4.90 Å². The summed E-state index contributed by atoms with van der Waals surface area (Å²) >= 11 is 5.84. The summed E-state index contributed by atoms with van der Waals surface area (Å²) in [5.41, 5.74) is 0.386. The molecule has 0 aliphatic carbocycles. The van der Waals surface area contributed by atoms with E-state index in [0.29, 0.717) is 0 Å². The molecule has 2 N–H and O–H groups in total. The minimum Gasteiger partial charge on any atom is -0.508 e. The Bertz CT molecular complexity index is 798. The average Bonchev–Trinajstić information content (AvgIpc) is 2.42. The van der Waals surface area contributed by atoms with Crippen LogP contribution in [0.4, 0.5) is 5.69 Å². The highest BCUT2D eigenvalue weighted by Crippen LogP contribution is 2.28. The van der Waals surface area contributed by atoms with Gasteiger partial charge in [-0.2, -0.15) is 5.26 Å². The molecule has 0 spiro atoms. The maximum Gasteiger partial charge on any atom is 0.261 e. The van der Waals surface area contributed by atoms with Crippen LogP contribution in [0.2, 0.25) is 5.02 Å². The number of benzene rings is 2. The molecule has 102 valence electrons. The SMILES string of the molecule is N#Cc1cccc(S(=O)(=O)Nc2ccc(O)cc2Cl)c1. The van der Waals surface area contributed by atoms with Gasteiger partial charge >= 0.3 is 0 Å². The highest BCUT2D eigenvalue weighted by atomic mass is 35.5. The Labute approximate surface area is 121 Å². The number of rotatable bonds is 3. The van der Waals surface area contributed by atoms with Crippen molar-refractivity contribution >= 4 is 27.3 Å². The Morgan fingerprint density at radius 1 is 1.20 bits per heavy atom. The summed E-state index contributed by atoms with van der Waals surface area (Å²) in [6.07, 6.45) is 0. The van der Waals surface area contributed by atoms with E-state index in [2.05, 4.69) is 4.72 Å². The number of phenolic OH excluding ortho intramolecular Hbond substituents is 1. The molecule has 0 saturated carbocycles. The summed E-state index contributed by atoms with van der Waals surface area (Å²) in [7, 11) is -3.85. The summed E-state index contributed by atoms with van der Waals surface area (Å²) in [5.74, 6) is -0.0653. The lowest BCUT2D eigenvalue weighted by Crippen LogP contribution is -2.13. The third-order valence-electron chi connectivity index (χ3n) is 2.47. The lowest BCUT2D eigenvalue weighted by atomic mass is 10.2. The maximum absolute atomic E-state index is 12.2. The summed E-state index contributed by atoms with van der Waals surface area (Å²) in [4.78, 5) is -0.0410. The molecule has 5 nitrogen and oxygen atoms in total. The smallest absolute Gasteiger partial charge is 0.261 e. The van der Waals surface area contributed by atoms with E-state index in [-0.39, 0.29) is 26.9 Å². The zero-order valence-electron chi connectivity index (χ0n) is 10.0. The van der Waals surface area contributed by atoms with Crippen LogP contribution in [-0.2, 0) is 10.0 Å². The Morgan fingerprint density at radius 3 is 2.60 bits per heavy atom. The van der Waals surface area contributed by atoms with Gasteiger partial charge in [0.05, 0.1) is 27.2 Å². The first-order chi connectivity index (χ1) is 9.42. The van der Waals surface area contributed by atoms with E-state index in [4.69, 9.17) is 16.9 Å². The highest BCUT2D eigenvalue weighted by molar-refractivity contribution is 7.92. The van der Waals surface area contributed by atoms with Crippen LogP contribution in [0.3, 0.4) is 0 Å². The van der Waals surface area contributed by atoms with Crippen molar-refractivity contribution < 1.29 is 13.5 Å². The van der Waals surface area contributed by atoms with E-state index in [1.54, 1.807) is 0 Å². The molecule has 0 radical (unpaired) electrons. The zero-order chi connectivity index (χ0) is 14.8. The number of phenols is 1. The van der Waals surface area contributed by atoms with Gasteiger partial charge in [-0.25, -0.2) is 8.42 Å². The molecule has 2 rings (SSSR count). The number of nitrogens with one attached hydrogen (secondary N) is 1. The van der Waals surface area contributed by atoms with E-state index in [1.807, 2.05) is 6.07 Å². The number of nitrogens with zero attached hydrogens (tertiary/aromatic N) is 1. The summed E-state index contributed by atoms with van der Waals surface area (Å²) in [5, 5.41) is 18.1. The fourth-order valence-electron chi connectivity index (χ4n) is 1.52. The standard InChI is InChI=1S/C13H9ClN2O3S/c14-12-7-10(17)4-5-13(12)16-20(18,19)11-3-1-2-9(6-11)8-15/h1-7,16-17H. The first-order valence-corrected chi connectivity index (χ1v) is 7.30. The zero-order valence-corrected chi connectivity index (χ0v) is 11.6. The molecule has 2 aromatic rings. The lowest BCUT2D eigenvalue weighted by Gasteiger charge is -2.10. The number of nitriles is 1. The molecule has 0 aromatic heterocycles. The summed E-state index contributed by atoms with van der Waals surface area (Å²) in [6, 6.07) is 11.4. The van der Waals surface area contributed by atoms with Gasteiger partial charge < -0.3 is 5.11 Å². The quantitative estimate of drug-likeness (QED) is 0.853. The van der Waals surface area contributed by atoms with Crippen molar-refractivity contribution in [3.63, 3.8) is 0 Å². The van der Waals surface area contributed by atoms with E-state index in [9.17, 15) is 13.5 Å². The Morgan fingerprint density at radius 2 is 1.95 bits per heavy atom. The number of hydrogen-bond acceptors (Lipinski definition) is 4. The normalized spacial score (nSPS) is 10.8. The lowest BCUT2D eigenvalue weighted by molar-refractivity contribution is 0.475. The van der Waals surface area contributed by atoms with Crippen molar-refractivity contribution in [2.24, 2.45) is 0 Å². The Balaban J connectivity index is 2.38. The molecule has 0 aliphatic heterocycles. The molecule has 0 amide bonds. The number of sulfonamides is 1. The van der Waals surface area contributed by atoms with Crippen molar-refractivity contribution in [3.05, 3.63) is 53.1 Å². The van der Waals surface area contributed by atoms with Gasteiger partial charge in [0.15, 0.2) is 0 Å². The molecule has 2 aromatic carbocycles. The van der Waals surface area contributed by atoms with Crippen molar-refractivity contribution in [3.8, 4) is 11.8 Å². The largest absolute Gasteiger partial charge is 0.508 e. The Hall–Kier alpha value is -2.23. The molecule has 20 heavy (non-hydrogen) atoms. The fourth-order valence-corrected chi connectivity index (χ4v) is 2.93. The van der Waals surface area contributed by atoms with E-state index in [0.717, 1.165) is 0 Å². The highest BCUT2D eigenvalue weighted by Gasteiger charge is 2.16. The summed E-state index contributed by atoms with van der Waals surface area (Å²) in [6.45, 7) is 0. The molecular formula is C13H9ClN2O3S. The second-order valence-corrected chi connectivity index (χ2v) is 6.00. The van der Waals surface area contributed by atoms with E-state index in [1.165, 1.54) is 42.5 Å². The molecule has 0 atom stereocenters. The predicted octanol–water partition coefficient (Wildman–Crippen LogP) is 2.72. The van der Waals surface area contributed by atoms with Crippen molar-refractivity contribution in [1.82, 2.24) is 0 Å². The predicted molar refractivity (Wildman–Crippen MR) is 75.1 cm³/mol. The van der Waals surface area contributed by atoms with E-state index >= 15 is 0 Å². The number of aromatic hydroxyl groups is 1. The van der Waals surface area contributed by atoms with Gasteiger partial charge in [-0.05, 0) is 30.3 Å². The van der Waals surface area contributed by atoms with Gasteiger partial charge in [0.2, 0.25) is 0 Å². The van der Waals surface area contributed by atoms with Gasteiger partial charge in [-0.15, -0.1) is 0 Å². The van der Waals surface area contributed by atoms with Crippen molar-refractivity contribution in [1.29, 1.82) is 5.26 Å². The molecule has 7 heteroatoms. The molecule has 0 saturated heterocycles. The molecule has 0 fully saturated rings. The number of halogens is 1. The van der Waals surface area contributed by atoms with Crippen LogP contribution < -0.4 is 4.72 Å². The second kappa shape index (κ2) is 5.41. The van der Waals surface area contributed by atoms with Gasteiger partial charge in [0.25, 0.3) is 10.0 Å². The van der Waals surface area contributed by atoms with Crippen molar-refractivity contribution in [2.75, 3.05) is 4.72 Å². The van der Waals surface area contributed by atoms with Crippen LogP contribution >= 0.6 is 11.6 Å². The first-order valence-electron chi connectivity index (χ1n) is 5.44. The molecule has 0 heterocycles. The van der Waals surface area contributed by atoms with Crippen LogP contribution in [0.5, 0.6) is 5.75 Å². The third-order valence-corrected chi connectivity index (χ3v) is 4.15. The van der Waals surface area contributed by atoms with Crippen LogP contribution in [0.15, 0.2) is 47.4 Å². The van der Waals surface area contributed by atoms with Crippen LogP contribution in [0.1, 0.15) is 5.56 Å². The minimum atomic E-state index is -3.85. The monoisotopic (exact) mass is 308 g/mol. The van der Waals surface area contributed by atoms with Crippen LogP contribution in [0.25, 0.3) is 0 Å². The first kappa shape index (κ1) is 14.2. The topological polar surface area (TPSA) is 90.2 Å². The van der Waals surface area contributed by atoms with Gasteiger partial charge in [0, 0.05) is 6.07 Å². The number of hydrogen-bond donors (Lipinski definition) is 2. The molecular weight excluding hydrogens is 300 g/mol. The minimum absolute atomic E-state index is 0.0410. The van der Waals surface area contributed by atoms with Crippen LogP contribution in [-0.4, -0.2) is 13.5 Å². The third kappa shape index (κ3) is 3.02. The second-order valence-electron chi connectivity index (χ2n) is 3.91. The fraction of sp³-hybridized carbons (Fsp3) is 0. The molecule has 0 bridgehead atoms. The Kier molecular flexibility index (Phi) is 3.84. The summed E-state index contributed by atoms with van der Waals surface area (Å²) < 4.78 is 26.6.